The van der Waals surface area contributed by atoms with Gasteiger partial charge in [0, 0.05) is 25.3 Å². The summed E-state index contributed by atoms with van der Waals surface area (Å²) in [5.41, 5.74) is 4.68. The average Bonchev–Trinajstić information content (AvgIpc) is 3.90. The fourth-order valence-corrected chi connectivity index (χ4v) is 7.53. The largest absolute Gasteiger partial charge is 0.489 e. The molecule has 0 unspecified atom stereocenters. The highest BCUT2D eigenvalue weighted by molar-refractivity contribution is 5.94. The first-order valence-electron chi connectivity index (χ1n) is 20.6. The second-order valence-electron chi connectivity index (χ2n) is 15.4. The molecule has 13 nitrogen and oxygen atoms in total. The maximum absolute atomic E-state index is 14.5. The summed E-state index contributed by atoms with van der Waals surface area (Å²) in [6, 6.07) is 40.6. The Morgan fingerprint density at radius 3 is 1.92 bits per heavy atom. The van der Waals surface area contributed by atoms with Gasteiger partial charge in [-0.3, -0.25) is 9.36 Å². The number of aromatic nitrogens is 3. The van der Waals surface area contributed by atoms with E-state index < -0.39 is 41.6 Å². The van der Waals surface area contributed by atoms with Crippen molar-refractivity contribution in [3.63, 3.8) is 0 Å². The maximum atomic E-state index is 14.5. The van der Waals surface area contributed by atoms with Crippen molar-refractivity contribution in [2.75, 3.05) is 13.7 Å². The van der Waals surface area contributed by atoms with Gasteiger partial charge in [-0.25, -0.2) is 19.0 Å². The Bertz CT molecular complexity index is 2800. The third-order valence-corrected chi connectivity index (χ3v) is 10.9. The Hall–Kier alpha value is -7.06. The zero-order valence-electron chi connectivity index (χ0n) is 35.2. The summed E-state index contributed by atoms with van der Waals surface area (Å²) in [5.74, 6) is -0.534. The normalized spacial score (nSPS) is 16.0. The molecule has 0 radical (unpaired) electrons. The average molecular weight is 850 g/mol. The molecule has 0 bridgehead atoms. The topological polar surface area (TPSA) is 138 Å². The molecule has 1 aliphatic heterocycles. The molecule has 13 heteroatoms. The van der Waals surface area contributed by atoms with Crippen molar-refractivity contribution in [2.24, 2.45) is 0 Å². The van der Waals surface area contributed by atoms with Crippen molar-refractivity contribution >= 4 is 23.0 Å². The molecule has 1 saturated heterocycles. The van der Waals surface area contributed by atoms with E-state index in [9.17, 15) is 19.2 Å². The van der Waals surface area contributed by atoms with Crippen LogP contribution in [-0.2, 0) is 50.4 Å². The van der Waals surface area contributed by atoms with Gasteiger partial charge in [0.1, 0.15) is 56.5 Å². The Morgan fingerprint density at radius 1 is 0.698 bits per heavy atom. The minimum atomic E-state index is -0.927. The monoisotopic (exact) mass is 849 g/mol. The van der Waals surface area contributed by atoms with Gasteiger partial charge in [0.05, 0.1) is 23.1 Å². The number of hydrogen-bond donors (Lipinski definition) is 0. The zero-order valence-corrected chi connectivity index (χ0v) is 35.2. The highest BCUT2D eigenvalue weighted by Crippen LogP contribution is 2.38. The van der Waals surface area contributed by atoms with Crippen LogP contribution in [0.15, 0.2) is 149 Å². The number of hydrogen-bond acceptors (Lipinski definition) is 10. The lowest BCUT2D eigenvalue weighted by Gasteiger charge is -2.19. The molecular formula is C50H47N3O10. The summed E-state index contributed by atoms with van der Waals surface area (Å²) in [7, 11) is 1.41. The van der Waals surface area contributed by atoms with Crippen LogP contribution in [0.5, 0.6) is 5.75 Å². The van der Waals surface area contributed by atoms with Gasteiger partial charge in [-0.1, -0.05) is 108 Å². The van der Waals surface area contributed by atoms with E-state index in [4.69, 9.17) is 28.4 Å². The van der Waals surface area contributed by atoms with Gasteiger partial charge in [-0.15, -0.1) is 0 Å². The fourth-order valence-electron chi connectivity index (χ4n) is 7.53. The number of nitrogens with zero attached hydrogens (tertiary/aromatic N) is 3. The molecule has 1 aliphatic rings. The number of methoxy groups -OCH3 is 1. The number of fused-ring (bicyclic) bond motifs is 1. The first kappa shape index (κ1) is 42.6. The van der Waals surface area contributed by atoms with Crippen LogP contribution in [0.25, 0.3) is 22.2 Å². The molecular weight excluding hydrogens is 803 g/mol. The first-order valence-corrected chi connectivity index (χ1v) is 20.6. The number of ether oxygens (including phenoxy) is 6. The molecule has 3 heterocycles. The molecule has 3 atom stereocenters. The molecule has 0 amide bonds. The molecule has 63 heavy (non-hydrogen) atoms. The molecule has 0 aliphatic carbocycles. The molecule has 7 aromatic rings. The Morgan fingerprint density at radius 2 is 1.30 bits per heavy atom. The van der Waals surface area contributed by atoms with Crippen molar-refractivity contribution in [3.05, 3.63) is 194 Å². The Labute approximate surface area is 363 Å². The second kappa shape index (κ2) is 19.3. The van der Waals surface area contributed by atoms with E-state index in [-0.39, 0.29) is 44.1 Å². The van der Waals surface area contributed by atoms with E-state index >= 15 is 0 Å². The molecule has 8 rings (SSSR count). The minimum Gasteiger partial charge on any atom is -0.489 e. The zero-order chi connectivity index (χ0) is 43.9. The molecule has 0 N–H and O–H groups in total. The van der Waals surface area contributed by atoms with E-state index in [2.05, 4.69) is 0 Å². The Kier molecular flexibility index (Phi) is 13.1. The summed E-state index contributed by atoms with van der Waals surface area (Å²) >= 11 is 0. The van der Waals surface area contributed by atoms with Gasteiger partial charge in [0.25, 0.3) is 5.56 Å². The number of esters is 2. The standard InChI is InChI=1S/C50H47N3O10/c1-33-14-18-38(19-15-33)48(55)61-30-43-42(63-49(56)39-20-16-34(2)17-21-39)26-44(62-43)51-27-41(37-22-24-40(25-23-37)60-29-36-12-8-5-9-13-36)45-46(51)52(50(57)53(31-58-3)47(45)54)32-59-28-35-10-6-4-7-11-35/h4-25,27,42-44H,26,28-32H2,1-3H3/t42-,43+,44+/m0/s1. The quantitative estimate of drug-likeness (QED) is 0.0881. The molecule has 2 aromatic heterocycles. The summed E-state index contributed by atoms with van der Waals surface area (Å²) < 4.78 is 40.2. The predicted octanol–water partition coefficient (Wildman–Crippen LogP) is 7.98. The Balaban J connectivity index is 1.19. The number of carbonyl (C=O) groups excluding carboxylic acids is 2. The fraction of sp³-hybridized carbons (Fsp3) is 0.240. The van der Waals surface area contributed by atoms with E-state index in [1.807, 2.05) is 123 Å². The summed E-state index contributed by atoms with van der Waals surface area (Å²) in [6.45, 7) is 3.59. The van der Waals surface area contributed by atoms with Crippen molar-refractivity contribution in [2.45, 2.75) is 65.4 Å². The van der Waals surface area contributed by atoms with Crippen LogP contribution in [0.3, 0.4) is 0 Å². The van der Waals surface area contributed by atoms with Crippen LogP contribution in [0, 0.1) is 13.8 Å². The lowest BCUT2D eigenvalue weighted by atomic mass is 10.1. The van der Waals surface area contributed by atoms with Crippen LogP contribution in [0.1, 0.15) is 55.6 Å². The highest BCUT2D eigenvalue weighted by atomic mass is 16.6. The lowest BCUT2D eigenvalue weighted by Crippen LogP contribution is -2.41. The van der Waals surface area contributed by atoms with Crippen molar-refractivity contribution < 1.29 is 38.0 Å². The van der Waals surface area contributed by atoms with Crippen LogP contribution in [0.2, 0.25) is 0 Å². The van der Waals surface area contributed by atoms with Crippen molar-refractivity contribution in [1.82, 2.24) is 13.7 Å². The molecule has 5 aromatic carbocycles. The van der Waals surface area contributed by atoms with E-state index in [0.29, 0.717) is 34.6 Å². The van der Waals surface area contributed by atoms with E-state index in [1.165, 1.54) is 11.7 Å². The van der Waals surface area contributed by atoms with Crippen molar-refractivity contribution in [1.29, 1.82) is 0 Å². The SMILES string of the molecule is COCn1c(=O)c2c(-c3ccc(OCc4ccccc4)cc3)cn([C@H]3C[C@H](OC(=O)c4ccc(C)cc4)[C@@H](COC(=O)c4ccc(C)cc4)O3)c2n(COCc2ccccc2)c1=O. The maximum Gasteiger partial charge on any atom is 0.338 e. The first-order chi connectivity index (χ1) is 30.7. The summed E-state index contributed by atoms with van der Waals surface area (Å²) in [4.78, 5) is 55.7. The minimum absolute atomic E-state index is 0.0834. The molecule has 0 spiro atoms. The van der Waals surface area contributed by atoms with Gasteiger partial charge >= 0.3 is 17.6 Å². The van der Waals surface area contributed by atoms with Crippen LogP contribution >= 0.6 is 0 Å². The number of rotatable bonds is 16. The predicted molar refractivity (Wildman–Crippen MR) is 235 cm³/mol. The number of carbonyl (C=O) groups is 2. The van der Waals surface area contributed by atoms with Crippen LogP contribution < -0.4 is 16.0 Å². The van der Waals surface area contributed by atoms with Crippen LogP contribution in [0.4, 0.5) is 0 Å². The van der Waals surface area contributed by atoms with Crippen molar-refractivity contribution in [3.8, 4) is 16.9 Å². The molecule has 0 saturated carbocycles. The van der Waals surface area contributed by atoms with Gasteiger partial charge in [-0.2, -0.15) is 0 Å². The van der Waals surface area contributed by atoms with Gasteiger partial charge in [0.2, 0.25) is 0 Å². The smallest absolute Gasteiger partial charge is 0.338 e. The van der Waals surface area contributed by atoms with Gasteiger partial charge < -0.3 is 33.0 Å². The highest BCUT2D eigenvalue weighted by Gasteiger charge is 2.41. The van der Waals surface area contributed by atoms with Crippen LogP contribution in [-0.4, -0.2) is 51.6 Å². The van der Waals surface area contributed by atoms with E-state index in [1.54, 1.807) is 35.0 Å². The third-order valence-electron chi connectivity index (χ3n) is 10.9. The molecule has 1 fully saturated rings. The second-order valence-corrected chi connectivity index (χ2v) is 15.4. The third kappa shape index (κ3) is 9.71. The van der Waals surface area contributed by atoms with Gasteiger partial charge in [0.15, 0.2) is 0 Å². The number of benzene rings is 5. The van der Waals surface area contributed by atoms with E-state index in [0.717, 1.165) is 26.8 Å². The lowest BCUT2D eigenvalue weighted by molar-refractivity contribution is -0.0565. The van der Waals surface area contributed by atoms with Gasteiger partial charge in [-0.05, 0) is 66.9 Å². The summed E-state index contributed by atoms with van der Waals surface area (Å²) in [6.07, 6.45) is -0.907. The summed E-state index contributed by atoms with van der Waals surface area (Å²) in [5, 5.41) is 0.207. The molecule has 322 valence electrons. The number of aryl methyl sites for hydroxylation is 2.